The summed E-state index contributed by atoms with van der Waals surface area (Å²) >= 11 is 0. The predicted molar refractivity (Wildman–Crippen MR) is 47.4 cm³/mol. The van der Waals surface area contributed by atoms with Gasteiger partial charge in [0.05, 0.1) is 6.10 Å². The second kappa shape index (κ2) is 4.55. The van der Waals surface area contributed by atoms with Crippen LogP contribution >= 0.6 is 0 Å². The molecule has 0 aromatic carbocycles. The van der Waals surface area contributed by atoms with Gasteiger partial charge < -0.3 is 20.9 Å². The van der Waals surface area contributed by atoms with Crippen LogP contribution in [0, 0.1) is 0 Å². The molecule has 0 radical (unpaired) electrons. The first kappa shape index (κ1) is 10.4. The maximum atomic E-state index is 10.3. The molecule has 13 heavy (non-hydrogen) atoms. The summed E-state index contributed by atoms with van der Waals surface area (Å²) in [5.74, 6) is -0.963. The Labute approximate surface area is 77.2 Å². The average Bonchev–Trinajstić information content (AvgIpc) is 2.01. The van der Waals surface area contributed by atoms with Crippen LogP contribution < -0.4 is 11.1 Å². The number of carboxylic acids is 1. The number of rotatable bonds is 5. The monoisotopic (exact) mass is 188 g/mol. The van der Waals surface area contributed by atoms with Gasteiger partial charge in [-0.25, -0.2) is 0 Å². The van der Waals surface area contributed by atoms with Gasteiger partial charge in [0.1, 0.15) is 6.04 Å². The molecule has 0 bridgehead atoms. The highest BCUT2D eigenvalue weighted by Crippen LogP contribution is 2.22. The van der Waals surface area contributed by atoms with Gasteiger partial charge in [-0.3, -0.25) is 4.79 Å². The summed E-state index contributed by atoms with van der Waals surface area (Å²) in [6.45, 7) is 0.330. The van der Waals surface area contributed by atoms with Crippen molar-refractivity contribution < 1.29 is 14.6 Å². The molecule has 0 aliphatic heterocycles. The van der Waals surface area contributed by atoms with E-state index in [0.717, 1.165) is 12.8 Å². The van der Waals surface area contributed by atoms with E-state index in [1.54, 1.807) is 7.11 Å². The van der Waals surface area contributed by atoms with Crippen molar-refractivity contribution >= 4 is 5.97 Å². The third-order valence-corrected chi connectivity index (χ3v) is 2.37. The van der Waals surface area contributed by atoms with Crippen LogP contribution in [0.4, 0.5) is 0 Å². The minimum absolute atomic E-state index is 0.330. The molecule has 1 saturated carbocycles. The number of hydrogen-bond acceptors (Lipinski definition) is 4. The van der Waals surface area contributed by atoms with Crippen LogP contribution in [-0.2, 0) is 9.53 Å². The van der Waals surface area contributed by atoms with Crippen molar-refractivity contribution in [3.8, 4) is 0 Å². The molecule has 0 amide bonds. The Bertz CT molecular complexity index is 180. The first-order chi connectivity index (χ1) is 6.13. The number of hydrogen-bond donors (Lipinski definition) is 3. The molecule has 4 N–H and O–H groups in total. The molecule has 5 heteroatoms. The lowest BCUT2D eigenvalue weighted by atomic mass is 9.89. The van der Waals surface area contributed by atoms with Crippen molar-refractivity contribution in [2.24, 2.45) is 5.73 Å². The Morgan fingerprint density at radius 1 is 1.77 bits per heavy atom. The van der Waals surface area contributed by atoms with E-state index in [2.05, 4.69) is 5.32 Å². The SMILES string of the molecule is COC1CC(NCC(N)C(=O)O)C1. The zero-order valence-electron chi connectivity index (χ0n) is 7.69. The van der Waals surface area contributed by atoms with Gasteiger partial charge >= 0.3 is 5.97 Å². The highest BCUT2D eigenvalue weighted by molar-refractivity contribution is 5.73. The molecule has 1 fully saturated rings. The quantitative estimate of drug-likeness (QED) is 0.524. The van der Waals surface area contributed by atoms with Crippen molar-refractivity contribution in [2.75, 3.05) is 13.7 Å². The van der Waals surface area contributed by atoms with Crippen molar-refractivity contribution in [2.45, 2.75) is 31.0 Å². The molecule has 5 nitrogen and oxygen atoms in total. The molecule has 76 valence electrons. The van der Waals surface area contributed by atoms with E-state index >= 15 is 0 Å². The van der Waals surface area contributed by atoms with E-state index in [1.165, 1.54) is 0 Å². The molecule has 1 aliphatic carbocycles. The van der Waals surface area contributed by atoms with E-state index in [4.69, 9.17) is 15.6 Å². The van der Waals surface area contributed by atoms with E-state index in [-0.39, 0.29) is 0 Å². The van der Waals surface area contributed by atoms with E-state index in [9.17, 15) is 4.79 Å². The molecule has 1 atom stereocenters. The van der Waals surface area contributed by atoms with Gasteiger partial charge in [0.15, 0.2) is 0 Å². The lowest BCUT2D eigenvalue weighted by molar-refractivity contribution is -0.138. The van der Waals surface area contributed by atoms with Crippen LogP contribution in [-0.4, -0.2) is 42.9 Å². The van der Waals surface area contributed by atoms with Gasteiger partial charge in [-0.2, -0.15) is 0 Å². The molecule has 1 unspecified atom stereocenters. The normalized spacial score (nSPS) is 29.4. The van der Waals surface area contributed by atoms with Crippen molar-refractivity contribution in [3.05, 3.63) is 0 Å². The number of nitrogens with one attached hydrogen (secondary N) is 1. The van der Waals surface area contributed by atoms with Crippen LogP contribution in [0.5, 0.6) is 0 Å². The first-order valence-corrected chi connectivity index (χ1v) is 4.38. The average molecular weight is 188 g/mol. The van der Waals surface area contributed by atoms with Crippen LogP contribution in [0.3, 0.4) is 0 Å². The number of nitrogens with two attached hydrogens (primary N) is 1. The van der Waals surface area contributed by atoms with Crippen LogP contribution in [0.15, 0.2) is 0 Å². The summed E-state index contributed by atoms with van der Waals surface area (Å²) in [5, 5.41) is 11.6. The molecule has 1 aliphatic rings. The first-order valence-electron chi connectivity index (χ1n) is 4.38. The fraction of sp³-hybridized carbons (Fsp3) is 0.875. The Morgan fingerprint density at radius 3 is 2.85 bits per heavy atom. The van der Waals surface area contributed by atoms with E-state index < -0.39 is 12.0 Å². The highest BCUT2D eigenvalue weighted by Gasteiger charge is 2.29. The third kappa shape index (κ3) is 2.95. The van der Waals surface area contributed by atoms with E-state index in [0.29, 0.717) is 18.7 Å². The fourth-order valence-electron chi connectivity index (χ4n) is 1.31. The molecule has 0 aromatic heterocycles. The number of carboxylic acid groups (broad SMARTS) is 1. The minimum atomic E-state index is -0.963. The molecule has 1 rings (SSSR count). The number of methoxy groups -OCH3 is 1. The van der Waals surface area contributed by atoms with Gasteiger partial charge in [0.25, 0.3) is 0 Å². The number of ether oxygens (including phenoxy) is 1. The zero-order chi connectivity index (χ0) is 9.84. The van der Waals surface area contributed by atoms with Gasteiger partial charge in [0, 0.05) is 19.7 Å². The largest absolute Gasteiger partial charge is 0.480 e. The summed E-state index contributed by atoms with van der Waals surface area (Å²) in [7, 11) is 1.68. The standard InChI is InChI=1S/C8H16N2O3/c1-13-6-2-5(3-6)10-4-7(9)8(11)12/h5-7,10H,2-4,9H2,1H3,(H,11,12). The molecule has 0 heterocycles. The van der Waals surface area contributed by atoms with Crippen LogP contribution in [0.25, 0.3) is 0 Å². The van der Waals surface area contributed by atoms with Gasteiger partial charge in [-0.05, 0) is 12.8 Å². The Balaban J connectivity index is 2.05. The number of carbonyl (C=O) groups is 1. The highest BCUT2D eigenvalue weighted by atomic mass is 16.5. The Kier molecular flexibility index (Phi) is 3.65. The smallest absolute Gasteiger partial charge is 0.321 e. The topological polar surface area (TPSA) is 84.6 Å². The van der Waals surface area contributed by atoms with Crippen molar-refractivity contribution in [1.82, 2.24) is 5.32 Å². The maximum Gasteiger partial charge on any atom is 0.321 e. The summed E-state index contributed by atoms with van der Waals surface area (Å²) in [4.78, 5) is 10.3. The summed E-state index contributed by atoms with van der Waals surface area (Å²) < 4.78 is 5.08. The Morgan fingerprint density at radius 2 is 2.38 bits per heavy atom. The van der Waals surface area contributed by atoms with E-state index in [1.807, 2.05) is 0 Å². The van der Waals surface area contributed by atoms with Gasteiger partial charge in [-0.15, -0.1) is 0 Å². The minimum Gasteiger partial charge on any atom is -0.480 e. The lowest BCUT2D eigenvalue weighted by Gasteiger charge is -2.35. The second-order valence-electron chi connectivity index (χ2n) is 3.38. The molecule has 0 aromatic rings. The second-order valence-corrected chi connectivity index (χ2v) is 3.38. The number of aliphatic carboxylic acids is 1. The third-order valence-electron chi connectivity index (χ3n) is 2.37. The summed E-state index contributed by atoms with van der Waals surface area (Å²) in [5.41, 5.74) is 5.32. The van der Waals surface area contributed by atoms with Gasteiger partial charge in [0.2, 0.25) is 0 Å². The molecule has 0 spiro atoms. The Hall–Kier alpha value is -0.650. The predicted octanol–water partition coefficient (Wildman–Crippen LogP) is -0.835. The zero-order valence-corrected chi connectivity index (χ0v) is 7.69. The van der Waals surface area contributed by atoms with Crippen LogP contribution in [0.2, 0.25) is 0 Å². The van der Waals surface area contributed by atoms with Crippen molar-refractivity contribution in [3.63, 3.8) is 0 Å². The maximum absolute atomic E-state index is 10.3. The fourth-order valence-corrected chi connectivity index (χ4v) is 1.31. The lowest BCUT2D eigenvalue weighted by Crippen LogP contribution is -2.50. The van der Waals surface area contributed by atoms with Gasteiger partial charge in [-0.1, -0.05) is 0 Å². The summed E-state index contributed by atoms with van der Waals surface area (Å²) in [6.07, 6.45) is 2.23. The van der Waals surface area contributed by atoms with Crippen LogP contribution in [0.1, 0.15) is 12.8 Å². The molecular weight excluding hydrogens is 172 g/mol. The molecule has 0 saturated heterocycles. The van der Waals surface area contributed by atoms with Crippen molar-refractivity contribution in [1.29, 1.82) is 0 Å². The molecular formula is C8H16N2O3. The summed E-state index contributed by atoms with van der Waals surface area (Å²) in [6, 6.07) is -0.433.